The van der Waals surface area contributed by atoms with Crippen LogP contribution in [0.25, 0.3) is 0 Å². The number of ether oxygens (including phenoxy) is 1. The minimum absolute atomic E-state index is 0.157. The van der Waals surface area contributed by atoms with Crippen molar-refractivity contribution in [1.29, 1.82) is 0 Å². The molecule has 1 atom stereocenters. The Hall–Kier alpha value is -1.46. The van der Waals surface area contributed by atoms with Crippen molar-refractivity contribution in [1.82, 2.24) is 9.88 Å². The van der Waals surface area contributed by atoms with Gasteiger partial charge in [-0.1, -0.05) is 6.07 Å². The first-order chi connectivity index (χ1) is 10.7. The Bertz CT molecular complexity index is 466. The van der Waals surface area contributed by atoms with Crippen LogP contribution >= 0.6 is 0 Å². The minimum Gasteiger partial charge on any atom is -0.383 e. The van der Waals surface area contributed by atoms with Gasteiger partial charge in [-0.05, 0) is 50.8 Å². The molecule has 0 radical (unpaired) electrons. The van der Waals surface area contributed by atoms with Gasteiger partial charge in [-0.25, -0.2) is 0 Å². The summed E-state index contributed by atoms with van der Waals surface area (Å²) in [5, 5.41) is 0. The zero-order valence-corrected chi connectivity index (χ0v) is 13.5. The topological polar surface area (TPSA) is 68.4 Å². The lowest BCUT2D eigenvalue weighted by Crippen LogP contribution is -2.51. The van der Waals surface area contributed by atoms with Gasteiger partial charge in [0.25, 0.3) is 0 Å². The quantitative estimate of drug-likeness (QED) is 0.792. The maximum absolute atomic E-state index is 12.1. The molecule has 0 aromatic carbocycles. The van der Waals surface area contributed by atoms with Crippen molar-refractivity contribution < 1.29 is 9.53 Å². The third kappa shape index (κ3) is 4.52. The molecule has 2 N–H and O–H groups in total. The van der Waals surface area contributed by atoms with Crippen LogP contribution in [-0.4, -0.2) is 49.1 Å². The molecule has 122 valence electrons. The number of amides is 1. The van der Waals surface area contributed by atoms with E-state index in [-0.39, 0.29) is 11.3 Å². The number of carbonyl (C=O) groups is 1. The lowest BCUT2D eigenvalue weighted by atomic mass is 9.75. The third-order valence-electron chi connectivity index (χ3n) is 4.60. The van der Waals surface area contributed by atoms with E-state index in [0.29, 0.717) is 6.61 Å². The molecule has 1 saturated heterocycles. The Morgan fingerprint density at radius 3 is 3.05 bits per heavy atom. The first-order valence-corrected chi connectivity index (χ1v) is 8.07. The van der Waals surface area contributed by atoms with Crippen molar-refractivity contribution in [2.45, 2.75) is 32.1 Å². The molecule has 0 aliphatic carbocycles. The van der Waals surface area contributed by atoms with Crippen LogP contribution in [0.5, 0.6) is 0 Å². The van der Waals surface area contributed by atoms with Crippen LogP contribution in [0.15, 0.2) is 24.4 Å². The molecule has 1 unspecified atom stereocenters. The van der Waals surface area contributed by atoms with Crippen LogP contribution in [-0.2, 0) is 16.0 Å². The Labute approximate surface area is 132 Å². The van der Waals surface area contributed by atoms with Gasteiger partial charge in [0.15, 0.2) is 0 Å². The minimum atomic E-state index is -0.388. The predicted octanol–water partition coefficient (Wildman–Crippen LogP) is 1.62. The number of hydrogen-bond acceptors (Lipinski definition) is 4. The summed E-state index contributed by atoms with van der Waals surface area (Å²) < 4.78 is 5.15. The zero-order valence-electron chi connectivity index (χ0n) is 13.5. The first-order valence-electron chi connectivity index (χ1n) is 8.07. The molecule has 5 nitrogen and oxygen atoms in total. The summed E-state index contributed by atoms with van der Waals surface area (Å²) in [6.07, 6.45) is 6.41. The largest absolute Gasteiger partial charge is 0.383 e. The molecule has 1 aliphatic heterocycles. The van der Waals surface area contributed by atoms with Crippen molar-refractivity contribution in [2.24, 2.45) is 11.1 Å². The highest BCUT2D eigenvalue weighted by Gasteiger charge is 2.39. The molecule has 1 amide bonds. The van der Waals surface area contributed by atoms with Crippen LogP contribution in [0.2, 0.25) is 0 Å². The summed E-state index contributed by atoms with van der Waals surface area (Å²) in [6, 6.07) is 5.95. The second-order valence-corrected chi connectivity index (χ2v) is 6.19. The van der Waals surface area contributed by atoms with E-state index in [9.17, 15) is 4.79 Å². The number of likely N-dealkylation sites (tertiary alicyclic amines) is 1. The number of aryl methyl sites for hydroxylation is 1. The average Bonchev–Trinajstić information content (AvgIpc) is 2.54. The molecule has 0 bridgehead atoms. The van der Waals surface area contributed by atoms with E-state index in [1.807, 2.05) is 24.4 Å². The molecule has 1 aliphatic rings. The number of piperidine rings is 1. The number of aromatic nitrogens is 1. The highest BCUT2D eigenvalue weighted by Crippen LogP contribution is 2.34. The molecule has 1 aromatic heterocycles. The number of methoxy groups -OCH3 is 1. The molecular formula is C17H27N3O2. The SMILES string of the molecule is COCCN1CCCC(CCCc2ccccn2)(C(N)=O)C1. The summed E-state index contributed by atoms with van der Waals surface area (Å²) in [7, 11) is 1.71. The fraction of sp³-hybridized carbons (Fsp3) is 0.647. The average molecular weight is 305 g/mol. The van der Waals surface area contributed by atoms with Gasteiger partial charge in [-0.3, -0.25) is 14.7 Å². The van der Waals surface area contributed by atoms with Crippen LogP contribution in [0.3, 0.4) is 0 Å². The molecule has 22 heavy (non-hydrogen) atoms. The lowest BCUT2D eigenvalue weighted by molar-refractivity contribution is -0.131. The van der Waals surface area contributed by atoms with E-state index in [2.05, 4.69) is 9.88 Å². The standard InChI is InChI=1S/C17H27N3O2/c1-22-13-12-20-11-5-9-17(14-20,16(18)21)8-4-7-15-6-2-3-10-19-15/h2-3,6,10H,4-5,7-9,11-14H2,1H3,(H2,18,21). The Balaban J connectivity index is 1.91. The maximum Gasteiger partial charge on any atom is 0.224 e. The normalized spacial score (nSPS) is 22.6. The summed E-state index contributed by atoms with van der Waals surface area (Å²) in [4.78, 5) is 18.7. The van der Waals surface area contributed by atoms with Gasteiger partial charge in [0.05, 0.1) is 12.0 Å². The summed E-state index contributed by atoms with van der Waals surface area (Å²) in [6.45, 7) is 3.35. The number of nitrogens with zero attached hydrogens (tertiary/aromatic N) is 2. The Kier molecular flexibility index (Phi) is 6.34. The first kappa shape index (κ1) is 16.9. The van der Waals surface area contributed by atoms with Crippen molar-refractivity contribution in [3.63, 3.8) is 0 Å². The van der Waals surface area contributed by atoms with Gasteiger partial charge in [-0.15, -0.1) is 0 Å². The molecule has 1 fully saturated rings. The molecular weight excluding hydrogens is 278 g/mol. The van der Waals surface area contributed by atoms with Crippen molar-refractivity contribution in [3.05, 3.63) is 30.1 Å². The number of nitrogens with two attached hydrogens (primary N) is 1. The van der Waals surface area contributed by atoms with Gasteiger partial charge < -0.3 is 10.5 Å². The van der Waals surface area contributed by atoms with Gasteiger partial charge in [-0.2, -0.15) is 0 Å². The van der Waals surface area contributed by atoms with E-state index in [0.717, 1.165) is 57.4 Å². The number of pyridine rings is 1. The number of primary amides is 1. The lowest BCUT2D eigenvalue weighted by Gasteiger charge is -2.40. The van der Waals surface area contributed by atoms with E-state index in [4.69, 9.17) is 10.5 Å². The van der Waals surface area contributed by atoms with Crippen molar-refractivity contribution in [3.8, 4) is 0 Å². The van der Waals surface area contributed by atoms with Crippen LogP contribution in [0.1, 0.15) is 31.4 Å². The van der Waals surface area contributed by atoms with E-state index in [1.165, 1.54) is 0 Å². The second-order valence-electron chi connectivity index (χ2n) is 6.19. The number of carbonyl (C=O) groups excluding carboxylic acids is 1. The second kappa shape index (κ2) is 8.25. The molecule has 2 heterocycles. The molecule has 0 saturated carbocycles. The van der Waals surface area contributed by atoms with E-state index >= 15 is 0 Å². The highest BCUT2D eigenvalue weighted by atomic mass is 16.5. The number of rotatable bonds is 8. The molecule has 2 rings (SSSR count). The number of hydrogen-bond donors (Lipinski definition) is 1. The Morgan fingerprint density at radius 2 is 2.36 bits per heavy atom. The summed E-state index contributed by atoms with van der Waals surface area (Å²) in [5.74, 6) is -0.157. The Morgan fingerprint density at radius 1 is 1.50 bits per heavy atom. The monoisotopic (exact) mass is 305 g/mol. The fourth-order valence-corrected chi connectivity index (χ4v) is 3.32. The van der Waals surface area contributed by atoms with E-state index < -0.39 is 0 Å². The van der Waals surface area contributed by atoms with Crippen molar-refractivity contribution >= 4 is 5.91 Å². The van der Waals surface area contributed by atoms with Gasteiger partial charge >= 0.3 is 0 Å². The van der Waals surface area contributed by atoms with Gasteiger partial charge in [0.2, 0.25) is 5.91 Å². The van der Waals surface area contributed by atoms with Crippen LogP contribution in [0, 0.1) is 5.41 Å². The smallest absolute Gasteiger partial charge is 0.224 e. The zero-order chi connectivity index (χ0) is 15.8. The fourth-order valence-electron chi connectivity index (χ4n) is 3.32. The summed E-state index contributed by atoms with van der Waals surface area (Å²) in [5.41, 5.74) is 6.45. The molecule has 1 aromatic rings. The summed E-state index contributed by atoms with van der Waals surface area (Å²) >= 11 is 0. The van der Waals surface area contributed by atoms with Crippen LogP contribution in [0.4, 0.5) is 0 Å². The van der Waals surface area contributed by atoms with Gasteiger partial charge in [0.1, 0.15) is 0 Å². The predicted molar refractivity (Wildman–Crippen MR) is 86.4 cm³/mol. The van der Waals surface area contributed by atoms with Crippen LogP contribution < -0.4 is 5.73 Å². The third-order valence-corrected chi connectivity index (χ3v) is 4.60. The molecule has 0 spiro atoms. The maximum atomic E-state index is 12.1. The van der Waals surface area contributed by atoms with Crippen molar-refractivity contribution in [2.75, 3.05) is 33.4 Å². The molecule has 5 heteroatoms. The van der Waals surface area contributed by atoms with Gasteiger partial charge in [0, 0.05) is 32.1 Å². The highest BCUT2D eigenvalue weighted by molar-refractivity contribution is 5.81. The van der Waals surface area contributed by atoms with E-state index in [1.54, 1.807) is 7.11 Å².